The number of halogens is 1. The third-order valence-electron chi connectivity index (χ3n) is 4.69. The molecule has 1 aromatic rings. The Balaban J connectivity index is 0.00000225. The van der Waals surface area contributed by atoms with Crippen molar-refractivity contribution in [2.24, 2.45) is 4.99 Å². The summed E-state index contributed by atoms with van der Waals surface area (Å²) >= 11 is 0. The molecule has 1 spiro atoms. The van der Waals surface area contributed by atoms with Crippen molar-refractivity contribution in [1.82, 2.24) is 10.2 Å². The Kier molecular flexibility index (Phi) is 7.96. The normalized spacial score (nSPS) is 22.5. The van der Waals surface area contributed by atoms with Crippen LogP contribution in [-0.4, -0.2) is 50.0 Å². The van der Waals surface area contributed by atoms with Gasteiger partial charge in [0.15, 0.2) is 11.7 Å². The average molecular weight is 459 g/mol. The molecule has 1 aliphatic carbocycles. The first kappa shape index (κ1) is 20.5. The van der Waals surface area contributed by atoms with Gasteiger partial charge in [-0.3, -0.25) is 0 Å². The van der Waals surface area contributed by atoms with Crippen molar-refractivity contribution in [3.8, 4) is 0 Å². The zero-order valence-electron chi connectivity index (χ0n) is 15.2. The number of benzene rings is 1. The predicted molar refractivity (Wildman–Crippen MR) is 111 cm³/mol. The zero-order chi connectivity index (χ0) is 16.8. The van der Waals surface area contributed by atoms with Crippen molar-refractivity contribution < 1.29 is 9.47 Å². The van der Waals surface area contributed by atoms with Gasteiger partial charge in [-0.2, -0.15) is 0 Å². The fraction of sp³-hybridized carbons (Fsp3) is 0.632. The summed E-state index contributed by atoms with van der Waals surface area (Å²) in [5, 5.41) is 3.42. The molecule has 0 aromatic heterocycles. The molecule has 0 bridgehead atoms. The van der Waals surface area contributed by atoms with Crippen molar-refractivity contribution in [2.75, 3.05) is 27.2 Å². The number of hydrogen-bond acceptors (Lipinski definition) is 3. The summed E-state index contributed by atoms with van der Waals surface area (Å²) in [5.74, 6) is 0.580. The van der Waals surface area contributed by atoms with E-state index in [-0.39, 0.29) is 35.9 Å². The van der Waals surface area contributed by atoms with Gasteiger partial charge in [-0.1, -0.05) is 36.8 Å². The van der Waals surface area contributed by atoms with Gasteiger partial charge in [0.05, 0.1) is 13.2 Å². The Bertz CT molecular complexity index is 545. The second kappa shape index (κ2) is 9.73. The molecule has 25 heavy (non-hydrogen) atoms. The fourth-order valence-electron chi connectivity index (χ4n) is 3.38. The molecule has 1 saturated carbocycles. The number of nitrogens with zero attached hydrogens (tertiary/aromatic N) is 2. The van der Waals surface area contributed by atoms with E-state index >= 15 is 0 Å². The van der Waals surface area contributed by atoms with Crippen molar-refractivity contribution >= 4 is 29.9 Å². The molecule has 1 aromatic carbocycles. The van der Waals surface area contributed by atoms with Crippen LogP contribution < -0.4 is 5.32 Å². The predicted octanol–water partition coefficient (Wildman–Crippen LogP) is 3.39. The van der Waals surface area contributed by atoms with Crippen LogP contribution in [0.3, 0.4) is 0 Å². The molecule has 1 unspecified atom stereocenters. The molecule has 1 aliphatic heterocycles. The average Bonchev–Trinajstić information content (AvgIpc) is 2.98. The number of hydrogen-bond donors (Lipinski definition) is 1. The minimum absolute atomic E-state index is 0. The van der Waals surface area contributed by atoms with Gasteiger partial charge in [-0.15, -0.1) is 24.0 Å². The number of ether oxygens (including phenoxy) is 2. The van der Waals surface area contributed by atoms with E-state index in [4.69, 9.17) is 14.5 Å². The topological polar surface area (TPSA) is 46.1 Å². The summed E-state index contributed by atoms with van der Waals surface area (Å²) in [6.07, 6.45) is 5.89. The number of rotatable bonds is 4. The van der Waals surface area contributed by atoms with E-state index in [1.165, 1.54) is 24.8 Å². The van der Waals surface area contributed by atoms with E-state index in [1.807, 2.05) is 37.2 Å². The Morgan fingerprint density at radius 2 is 1.92 bits per heavy atom. The van der Waals surface area contributed by atoms with E-state index in [1.54, 1.807) is 0 Å². The monoisotopic (exact) mass is 459 g/mol. The molecular weight excluding hydrogens is 429 g/mol. The van der Waals surface area contributed by atoms with Gasteiger partial charge in [0.2, 0.25) is 0 Å². The summed E-state index contributed by atoms with van der Waals surface area (Å²) in [4.78, 5) is 6.70. The molecule has 3 rings (SSSR count). The van der Waals surface area contributed by atoms with Crippen LogP contribution in [0.25, 0.3) is 0 Å². The molecule has 1 saturated heterocycles. The van der Waals surface area contributed by atoms with Gasteiger partial charge in [0, 0.05) is 33.5 Å². The SMILES string of the molecule is CN(C)C(=NCc1ccccc1)NCC1COC2(CCCCC2)O1.I. The van der Waals surface area contributed by atoms with Crippen LogP contribution in [0.15, 0.2) is 35.3 Å². The summed E-state index contributed by atoms with van der Waals surface area (Å²) in [6.45, 7) is 2.08. The minimum atomic E-state index is -0.302. The molecule has 1 N–H and O–H groups in total. The Hall–Kier alpha value is -0.860. The van der Waals surface area contributed by atoms with E-state index in [0.717, 1.165) is 25.3 Å². The maximum Gasteiger partial charge on any atom is 0.193 e. The number of guanidine groups is 1. The molecule has 0 amide bonds. The Morgan fingerprint density at radius 3 is 2.60 bits per heavy atom. The van der Waals surface area contributed by atoms with Gasteiger partial charge in [0.1, 0.15) is 6.10 Å². The van der Waals surface area contributed by atoms with E-state index in [2.05, 4.69) is 17.4 Å². The van der Waals surface area contributed by atoms with Crippen LogP contribution in [0.5, 0.6) is 0 Å². The minimum Gasteiger partial charge on any atom is -0.354 e. The Morgan fingerprint density at radius 1 is 1.20 bits per heavy atom. The van der Waals surface area contributed by atoms with Gasteiger partial charge >= 0.3 is 0 Å². The largest absolute Gasteiger partial charge is 0.354 e. The molecule has 0 radical (unpaired) electrons. The lowest BCUT2D eigenvalue weighted by Crippen LogP contribution is -2.42. The second-order valence-corrected chi connectivity index (χ2v) is 6.92. The fourth-order valence-corrected chi connectivity index (χ4v) is 3.38. The van der Waals surface area contributed by atoms with Crippen LogP contribution in [0.1, 0.15) is 37.7 Å². The van der Waals surface area contributed by atoms with Crippen LogP contribution in [0, 0.1) is 0 Å². The molecule has 6 heteroatoms. The quantitative estimate of drug-likeness (QED) is 0.426. The Labute approximate surface area is 168 Å². The molecule has 140 valence electrons. The standard InChI is InChI=1S/C19H29N3O2.HI/c1-22(2)18(20-13-16-9-5-3-6-10-16)21-14-17-15-23-19(24-17)11-7-4-8-12-19;/h3,5-6,9-10,17H,4,7-8,11-15H2,1-2H3,(H,20,21);1H. The highest BCUT2D eigenvalue weighted by atomic mass is 127. The van der Waals surface area contributed by atoms with Crippen LogP contribution in [0.2, 0.25) is 0 Å². The smallest absolute Gasteiger partial charge is 0.193 e. The van der Waals surface area contributed by atoms with Crippen LogP contribution in [0.4, 0.5) is 0 Å². The van der Waals surface area contributed by atoms with Gasteiger partial charge < -0.3 is 19.7 Å². The van der Waals surface area contributed by atoms with Crippen LogP contribution >= 0.6 is 24.0 Å². The molecule has 2 fully saturated rings. The van der Waals surface area contributed by atoms with Crippen molar-refractivity contribution in [3.63, 3.8) is 0 Å². The highest BCUT2D eigenvalue weighted by molar-refractivity contribution is 14.0. The third-order valence-corrected chi connectivity index (χ3v) is 4.69. The molecule has 1 heterocycles. The summed E-state index contributed by atoms with van der Waals surface area (Å²) < 4.78 is 12.2. The van der Waals surface area contributed by atoms with Gasteiger partial charge in [0.25, 0.3) is 0 Å². The highest BCUT2D eigenvalue weighted by Gasteiger charge is 2.42. The number of nitrogens with one attached hydrogen (secondary N) is 1. The van der Waals surface area contributed by atoms with Crippen molar-refractivity contribution in [3.05, 3.63) is 35.9 Å². The lowest BCUT2D eigenvalue weighted by Gasteiger charge is -2.31. The second-order valence-electron chi connectivity index (χ2n) is 6.92. The third kappa shape index (κ3) is 5.82. The van der Waals surface area contributed by atoms with E-state index in [0.29, 0.717) is 13.2 Å². The lowest BCUT2D eigenvalue weighted by molar-refractivity contribution is -0.186. The number of aliphatic imine (C=N–C) groups is 1. The molecular formula is C19H30IN3O2. The van der Waals surface area contributed by atoms with Gasteiger partial charge in [-0.25, -0.2) is 4.99 Å². The molecule has 2 aliphatic rings. The van der Waals surface area contributed by atoms with E-state index < -0.39 is 0 Å². The van der Waals surface area contributed by atoms with Crippen molar-refractivity contribution in [1.29, 1.82) is 0 Å². The first-order chi connectivity index (χ1) is 11.7. The van der Waals surface area contributed by atoms with E-state index in [9.17, 15) is 0 Å². The first-order valence-corrected chi connectivity index (χ1v) is 8.98. The summed E-state index contributed by atoms with van der Waals surface area (Å²) in [5.41, 5.74) is 1.21. The summed E-state index contributed by atoms with van der Waals surface area (Å²) in [6, 6.07) is 10.3. The van der Waals surface area contributed by atoms with Crippen LogP contribution in [-0.2, 0) is 16.0 Å². The van der Waals surface area contributed by atoms with Gasteiger partial charge in [-0.05, 0) is 18.4 Å². The lowest BCUT2D eigenvalue weighted by atomic mass is 9.94. The summed E-state index contributed by atoms with van der Waals surface area (Å²) in [7, 11) is 4.01. The highest BCUT2D eigenvalue weighted by Crippen LogP contribution is 2.37. The molecule has 5 nitrogen and oxygen atoms in total. The molecule has 1 atom stereocenters. The maximum absolute atomic E-state index is 6.22. The van der Waals surface area contributed by atoms with Crippen molar-refractivity contribution in [2.45, 2.75) is 50.5 Å². The maximum atomic E-state index is 6.22. The first-order valence-electron chi connectivity index (χ1n) is 8.98. The zero-order valence-corrected chi connectivity index (χ0v) is 17.6.